The maximum atomic E-state index is 5.58. The van der Waals surface area contributed by atoms with Crippen molar-refractivity contribution >= 4 is 11.8 Å². The lowest BCUT2D eigenvalue weighted by Crippen LogP contribution is -2.34. The molecule has 1 unspecified atom stereocenters. The first-order valence-corrected chi connectivity index (χ1v) is 12.3. The van der Waals surface area contributed by atoms with Gasteiger partial charge in [-0.3, -0.25) is 4.90 Å². The molecule has 1 aromatic carbocycles. The molecule has 2 aromatic rings. The van der Waals surface area contributed by atoms with Crippen LogP contribution in [0.3, 0.4) is 0 Å². The SMILES string of the molecule is COc1ccc(OC)c(CN2CCCC(c3ccnc(SCCN4CCCC4)n3)C2)c1. The van der Waals surface area contributed by atoms with Gasteiger partial charge in [-0.05, 0) is 69.6 Å². The Labute approximate surface area is 190 Å². The van der Waals surface area contributed by atoms with Gasteiger partial charge < -0.3 is 14.4 Å². The highest BCUT2D eigenvalue weighted by molar-refractivity contribution is 7.99. The molecule has 0 spiro atoms. The maximum Gasteiger partial charge on any atom is 0.187 e. The summed E-state index contributed by atoms with van der Waals surface area (Å²) in [7, 11) is 3.44. The third-order valence-corrected chi connectivity index (χ3v) is 7.14. The van der Waals surface area contributed by atoms with Crippen molar-refractivity contribution in [1.29, 1.82) is 0 Å². The average molecular weight is 443 g/mol. The Morgan fingerprint density at radius 2 is 1.87 bits per heavy atom. The highest BCUT2D eigenvalue weighted by Crippen LogP contribution is 2.30. The van der Waals surface area contributed by atoms with E-state index in [1.165, 1.54) is 50.0 Å². The first kappa shape index (κ1) is 22.4. The second-order valence-electron chi connectivity index (χ2n) is 8.41. The number of methoxy groups -OCH3 is 2. The van der Waals surface area contributed by atoms with E-state index in [-0.39, 0.29) is 0 Å². The fourth-order valence-electron chi connectivity index (χ4n) is 4.61. The lowest BCUT2D eigenvalue weighted by molar-refractivity contribution is 0.195. The zero-order valence-corrected chi connectivity index (χ0v) is 19.6. The van der Waals surface area contributed by atoms with Gasteiger partial charge in [0, 0.05) is 48.8 Å². The van der Waals surface area contributed by atoms with Crippen molar-refractivity contribution in [3.63, 3.8) is 0 Å². The minimum absolute atomic E-state index is 0.450. The third-order valence-electron chi connectivity index (χ3n) is 6.30. The molecular formula is C24H34N4O2S. The van der Waals surface area contributed by atoms with Crippen molar-refractivity contribution in [2.24, 2.45) is 0 Å². The Hall–Kier alpha value is -1.83. The van der Waals surface area contributed by atoms with Gasteiger partial charge in [0.15, 0.2) is 5.16 Å². The monoisotopic (exact) mass is 442 g/mol. The first-order chi connectivity index (χ1) is 15.2. The highest BCUT2D eigenvalue weighted by atomic mass is 32.2. The molecule has 2 aliphatic rings. The molecule has 2 fully saturated rings. The molecule has 3 heterocycles. The predicted molar refractivity (Wildman–Crippen MR) is 125 cm³/mol. The third kappa shape index (κ3) is 6.11. The number of rotatable bonds is 9. The predicted octanol–water partition coefficient (Wildman–Crippen LogP) is 4.06. The van der Waals surface area contributed by atoms with Crippen molar-refractivity contribution in [1.82, 2.24) is 19.8 Å². The van der Waals surface area contributed by atoms with E-state index in [0.717, 1.165) is 48.6 Å². The van der Waals surface area contributed by atoms with Crippen LogP contribution in [0.4, 0.5) is 0 Å². The van der Waals surface area contributed by atoms with Gasteiger partial charge in [-0.25, -0.2) is 9.97 Å². The molecule has 7 heteroatoms. The summed E-state index contributed by atoms with van der Waals surface area (Å²) in [6, 6.07) is 8.13. The molecule has 6 nitrogen and oxygen atoms in total. The van der Waals surface area contributed by atoms with Crippen LogP contribution < -0.4 is 9.47 Å². The highest BCUT2D eigenvalue weighted by Gasteiger charge is 2.24. The fourth-order valence-corrected chi connectivity index (χ4v) is 5.45. The summed E-state index contributed by atoms with van der Waals surface area (Å²) in [6.45, 7) is 6.60. The summed E-state index contributed by atoms with van der Waals surface area (Å²) in [4.78, 5) is 14.5. The number of hydrogen-bond acceptors (Lipinski definition) is 7. The van der Waals surface area contributed by atoms with Crippen LogP contribution in [0.1, 0.15) is 42.9 Å². The van der Waals surface area contributed by atoms with Crippen molar-refractivity contribution in [3.8, 4) is 11.5 Å². The molecule has 2 aliphatic heterocycles. The molecule has 0 bridgehead atoms. The molecule has 0 N–H and O–H groups in total. The summed E-state index contributed by atoms with van der Waals surface area (Å²) in [6.07, 6.45) is 6.98. The van der Waals surface area contributed by atoms with E-state index < -0.39 is 0 Å². The van der Waals surface area contributed by atoms with Crippen LogP contribution in [0.5, 0.6) is 11.5 Å². The largest absolute Gasteiger partial charge is 0.497 e. The van der Waals surface area contributed by atoms with E-state index >= 15 is 0 Å². The topological polar surface area (TPSA) is 50.7 Å². The number of nitrogens with zero attached hydrogens (tertiary/aromatic N) is 4. The molecule has 1 atom stereocenters. The first-order valence-electron chi connectivity index (χ1n) is 11.4. The summed E-state index contributed by atoms with van der Waals surface area (Å²) >= 11 is 1.79. The second kappa shape index (κ2) is 11.2. The van der Waals surface area contributed by atoms with E-state index in [4.69, 9.17) is 14.5 Å². The Kier molecular flexibility index (Phi) is 8.05. The normalized spacial score (nSPS) is 20.1. The van der Waals surface area contributed by atoms with Crippen molar-refractivity contribution < 1.29 is 9.47 Å². The zero-order valence-electron chi connectivity index (χ0n) is 18.8. The van der Waals surface area contributed by atoms with Gasteiger partial charge >= 0.3 is 0 Å². The van der Waals surface area contributed by atoms with Gasteiger partial charge in [-0.1, -0.05) is 11.8 Å². The smallest absolute Gasteiger partial charge is 0.187 e. The molecular weight excluding hydrogens is 408 g/mol. The second-order valence-corrected chi connectivity index (χ2v) is 9.48. The van der Waals surface area contributed by atoms with E-state index in [9.17, 15) is 0 Å². The molecule has 31 heavy (non-hydrogen) atoms. The molecule has 0 saturated carbocycles. The number of piperidine rings is 1. The lowest BCUT2D eigenvalue weighted by atomic mass is 9.94. The standard InChI is InChI=1S/C24H34N4O2S/c1-29-21-7-8-23(30-2)20(16-21)18-28-13-5-6-19(17-28)22-9-10-25-24(26-22)31-15-14-27-11-3-4-12-27/h7-10,16,19H,3-6,11-15,17-18H2,1-2H3. The van der Waals surface area contributed by atoms with Gasteiger partial charge in [-0.2, -0.15) is 0 Å². The van der Waals surface area contributed by atoms with Gasteiger partial charge in [0.25, 0.3) is 0 Å². The van der Waals surface area contributed by atoms with Gasteiger partial charge in [-0.15, -0.1) is 0 Å². The van der Waals surface area contributed by atoms with Crippen LogP contribution in [-0.4, -0.2) is 72.5 Å². The minimum atomic E-state index is 0.450. The number of thioether (sulfide) groups is 1. The molecule has 2 saturated heterocycles. The van der Waals surface area contributed by atoms with Crippen molar-refractivity contribution in [2.45, 2.75) is 43.3 Å². The summed E-state index contributed by atoms with van der Waals surface area (Å²) in [5.74, 6) is 3.30. The Bertz CT molecular complexity index is 844. The number of benzene rings is 1. The van der Waals surface area contributed by atoms with Crippen LogP contribution >= 0.6 is 11.8 Å². The van der Waals surface area contributed by atoms with E-state index in [1.54, 1.807) is 26.0 Å². The molecule has 1 aromatic heterocycles. The van der Waals surface area contributed by atoms with Crippen LogP contribution in [-0.2, 0) is 6.54 Å². The Morgan fingerprint density at radius 3 is 2.68 bits per heavy atom. The summed E-state index contributed by atoms with van der Waals surface area (Å²) in [5.41, 5.74) is 2.35. The van der Waals surface area contributed by atoms with Gasteiger partial charge in [0.05, 0.1) is 14.2 Å². The van der Waals surface area contributed by atoms with E-state index in [1.807, 2.05) is 18.3 Å². The van der Waals surface area contributed by atoms with Crippen LogP contribution in [0.25, 0.3) is 0 Å². The molecule has 0 radical (unpaired) electrons. The molecule has 0 amide bonds. The van der Waals surface area contributed by atoms with Crippen LogP contribution in [0.15, 0.2) is 35.6 Å². The maximum absolute atomic E-state index is 5.58. The lowest BCUT2D eigenvalue weighted by Gasteiger charge is -2.32. The van der Waals surface area contributed by atoms with Crippen molar-refractivity contribution in [2.75, 3.05) is 52.7 Å². The zero-order chi connectivity index (χ0) is 21.5. The van der Waals surface area contributed by atoms with E-state index in [0.29, 0.717) is 5.92 Å². The minimum Gasteiger partial charge on any atom is -0.497 e. The van der Waals surface area contributed by atoms with Gasteiger partial charge in [0.2, 0.25) is 0 Å². The number of ether oxygens (including phenoxy) is 2. The molecule has 168 valence electrons. The van der Waals surface area contributed by atoms with Crippen LogP contribution in [0, 0.1) is 0 Å². The number of aromatic nitrogens is 2. The quantitative estimate of drug-likeness (QED) is 0.429. The molecule has 4 rings (SSSR count). The number of likely N-dealkylation sites (tertiary alicyclic amines) is 2. The van der Waals surface area contributed by atoms with E-state index in [2.05, 4.69) is 26.9 Å². The summed E-state index contributed by atoms with van der Waals surface area (Å²) in [5, 5.41) is 0.920. The van der Waals surface area contributed by atoms with Crippen LogP contribution in [0.2, 0.25) is 0 Å². The fraction of sp³-hybridized carbons (Fsp3) is 0.583. The Balaban J connectivity index is 1.36. The Morgan fingerprint density at radius 1 is 1.03 bits per heavy atom. The summed E-state index contributed by atoms with van der Waals surface area (Å²) < 4.78 is 11.0. The average Bonchev–Trinajstić information content (AvgIpc) is 3.33. The van der Waals surface area contributed by atoms with Crippen molar-refractivity contribution in [3.05, 3.63) is 41.7 Å². The number of hydrogen-bond donors (Lipinski definition) is 0. The molecule has 0 aliphatic carbocycles. The van der Waals surface area contributed by atoms with Gasteiger partial charge in [0.1, 0.15) is 11.5 Å².